The van der Waals surface area contributed by atoms with Gasteiger partial charge >= 0.3 is 11.8 Å². The van der Waals surface area contributed by atoms with E-state index in [1.807, 2.05) is 20.8 Å². The Hall–Kier alpha value is -1.75. The molecular weight excluding hydrogens is 280 g/mol. The van der Waals surface area contributed by atoms with Crippen molar-refractivity contribution in [3.8, 4) is 5.75 Å². The lowest BCUT2D eigenvalue weighted by Crippen LogP contribution is -2.39. The zero-order valence-electron chi connectivity index (χ0n) is 12.1. The summed E-state index contributed by atoms with van der Waals surface area (Å²) in [5.41, 5.74) is 1.22. The number of likely N-dealkylation sites (N-methyl/N-ethyl adjacent to an activating group) is 1. The molecule has 1 aromatic rings. The number of nitrogens with zero attached hydrogens (tertiary/aromatic N) is 1. The van der Waals surface area contributed by atoms with E-state index in [0.29, 0.717) is 29.5 Å². The minimum Gasteiger partial charge on any atom is -0.495 e. The van der Waals surface area contributed by atoms with Crippen LogP contribution in [-0.4, -0.2) is 36.9 Å². The Kier molecular flexibility index (Phi) is 5.82. The largest absolute Gasteiger partial charge is 0.495 e. The number of rotatable bonds is 4. The molecule has 0 fully saturated rings. The van der Waals surface area contributed by atoms with E-state index < -0.39 is 11.8 Å². The summed E-state index contributed by atoms with van der Waals surface area (Å²) < 4.78 is 5.15. The number of ether oxygens (including phenoxy) is 1. The second-order valence-electron chi connectivity index (χ2n) is 4.23. The Balaban J connectivity index is 2.96. The maximum atomic E-state index is 11.9. The molecule has 0 saturated heterocycles. The number of methoxy groups -OCH3 is 1. The zero-order chi connectivity index (χ0) is 15.3. The van der Waals surface area contributed by atoms with Crippen molar-refractivity contribution in [2.75, 3.05) is 25.5 Å². The fourth-order valence-electron chi connectivity index (χ4n) is 1.76. The first-order valence-electron chi connectivity index (χ1n) is 6.38. The van der Waals surface area contributed by atoms with Crippen molar-refractivity contribution in [3.63, 3.8) is 0 Å². The quantitative estimate of drug-likeness (QED) is 0.869. The molecule has 110 valence electrons. The van der Waals surface area contributed by atoms with Crippen molar-refractivity contribution in [2.45, 2.75) is 20.8 Å². The van der Waals surface area contributed by atoms with Gasteiger partial charge in [-0.05, 0) is 32.4 Å². The van der Waals surface area contributed by atoms with Gasteiger partial charge in [0.25, 0.3) is 0 Å². The molecule has 0 spiro atoms. The summed E-state index contributed by atoms with van der Waals surface area (Å²) in [5.74, 6) is -0.834. The molecule has 0 unspecified atom stereocenters. The molecule has 0 atom stereocenters. The van der Waals surface area contributed by atoms with Crippen LogP contribution in [-0.2, 0) is 9.59 Å². The number of amides is 2. The van der Waals surface area contributed by atoms with Crippen molar-refractivity contribution in [1.29, 1.82) is 0 Å². The Morgan fingerprint density at radius 3 is 2.40 bits per heavy atom. The third-order valence-electron chi connectivity index (χ3n) is 2.97. The van der Waals surface area contributed by atoms with Gasteiger partial charge in [-0.3, -0.25) is 9.59 Å². The maximum Gasteiger partial charge on any atom is 0.314 e. The van der Waals surface area contributed by atoms with Gasteiger partial charge in [0, 0.05) is 24.2 Å². The van der Waals surface area contributed by atoms with E-state index in [1.165, 1.54) is 12.0 Å². The van der Waals surface area contributed by atoms with E-state index >= 15 is 0 Å². The van der Waals surface area contributed by atoms with Crippen LogP contribution in [0.4, 0.5) is 5.69 Å². The molecule has 0 aliphatic rings. The van der Waals surface area contributed by atoms with Crippen LogP contribution in [0.15, 0.2) is 12.1 Å². The normalized spacial score (nSPS) is 10.1. The predicted molar refractivity (Wildman–Crippen MR) is 79.3 cm³/mol. The van der Waals surface area contributed by atoms with Crippen LogP contribution in [0, 0.1) is 6.92 Å². The van der Waals surface area contributed by atoms with Gasteiger partial charge < -0.3 is 15.0 Å². The molecule has 0 aliphatic carbocycles. The molecule has 2 amide bonds. The summed E-state index contributed by atoms with van der Waals surface area (Å²) in [7, 11) is 1.48. The van der Waals surface area contributed by atoms with E-state index in [2.05, 4.69) is 5.32 Å². The molecule has 0 saturated carbocycles. The van der Waals surface area contributed by atoms with Gasteiger partial charge in [-0.15, -0.1) is 0 Å². The minimum absolute atomic E-state index is 0.418. The van der Waals surface area contributed by atoms with Gasteiger partial charge in [0.15, 0.2) is 0 Å². The molecule has 20 heavy (non-hydrogen) atoms. The predicted octanol–water partition coefficient (Wildman–Crippen LogP) is 2.46. The van der Waals surface area contributed by atoms with Crippen LogP contribution >= 0.6 is 11.6 Å². The van der Waals surface area contributed by atoms with Gasteiger partial charge in [0.1, 0.15) is 5.75 Å². The fourth-order valence-corrected chi connectivity index (χ4v) is 1.91. The van der Waals surface area contributed by atoms with Crippen LogP contribution < -0.4 is 10.1 Å². The van der Waals surface area contributed by atoms with Crippen molar-refractivity contribution in [1.82, 2.24) is 4.90 Å². The molecule has 0 heterocycles. The van der Waals surface area contributed by atoms with E-state index in [0.717, 1.165) is 5.56 Å². The molecule has 5 nitrogen and oxygen atoms in total. The lowest BCUT2D eigenvalue weighted by atomic mass is 10.2. The highest BCUT2D eigenvalue weighted by molar-refractivity contribution is 6.39. The Labute approximate surface area is 123 Å². The minimum atomic E-state index is -0.686. The molecule has 0 radical (unpaired) electrons. The third kappa shape index (κ3) is 3.63. The summed E-state index contributed by atoms with van der Waals surface area (Å²) in [4.78, 5) is 25.3. The highest BCUT2D eigenvalue weighted by Gasteiger charge is 2.21. The number of anilines is 1. The van der Waals surface area contributed by atoms with Crippen molar-refractivity contribution in [3.05, 3.63) is 22.7 Å². The van der Waals surface area contributed by atoms with E-state index in [1.54, 1.807) is 12.1 Å². The Morgan fingerprint density at radius 2 is 1.90 bits per heavy atom. The van der Waals surface area contributed by atoms with Crippen LogP contribution in [0.1, 0.15) is 19.4 Å². The van der Waals surface area contributed by atoms with Gasteiger partial charge in [0.2, 0.25) is 0 Å². The van der Waals surface area contributed by atoms with E-state index in [9.17, 15) is 9.59 Å². The van der Waals surface area contributed by atoms with Gasteiger partial charge in [-0.25, -0.2) is 0 Å². The fraction of sp³-hybridized carbons (Fsp3) is 0.429. The Morgan fingerprint density at radius 1 is 1.30 bits per heavy atom. The molecular formula is C14H19ClN2O3. The first-order chi connectivity index (χ1) is 9.44. The summed E-state index contributed by atoms with van der Waals surface area (Å²) in [5, 5.41) is 3.10. The highest BCUT2D eigenvalue weighted by atomic mass is 35.5. The number of nitrogens with one attached hydrogen (secondary N) is 1. The average Bonchev–Trinajstić information content (AvgIpc) is 2.43. The molecule has 1 rings (SSSR count). The smallest absolute Gasteiger partial charge is 0.314 e. The number of halogens is 1. The van der Waals surface area contributed by atoms with Crippen LogP contribution in [0.25, 0.3) is 0 Å². The van der Waals surface area contributed by atoms with E-state index in [4.69, 9.17) is 16.3 Å². The molecule has 0 aromatic heterocycles. The first kappa shape index (κ1) is 16.3. The number of hydrogen-bond donors (Lipinski definition) is 1. The summed E-state index contributed by atoms with van der Waals surface area (Å²) in [6.45, 7) is 6.42. The molecule has 6 heteroatoms. The standard InChI is InChI=1S/C14H19ClN2O3/c1-5-17(6-2)14(19)13(18)16-11-7-9(3)10(15)8-12(11)20-4/h7-8H,5-6H2,1-4H3,(H,16,18). The summed E-state index contributed by atoms with van der Waals surface area (Å²) in [6.07, 6.45) is 0. The van der Waals surface area contributed by atoms with E-state index in [-0.39, 0.29) is 0 Å². The van der Waals surface area contributed by atoms with Gasteiger partial charge in [-0.2, -0.15) is 0 Å². The van der Waals surface area contributed by atoms with Crippen LogP contribution in [0.3, 0.4) is 0 Å². The van der Waals surface area contributed by atoms with Gasteiger partial charge in [-0.1, -0.05) is 11.6 Å². The number of aryl methyl sites for hydroxylation is 1. The van der Waals surface area contributed by atoms with Gasteiger partial charge in [0.05, 0.1) is 12.8 Å². The SMILES string of the molecule is CCN(CC)C(=O)C(=O)Nc1cc(C)c(Cl)cc1OC. The Bertz CT molecular complexity index is 513. The summed E-state index contributed by atoms with van der Waals surface area (Å²) >= 11 is 5.99. The molecule has 1 aromatic carbocycles. The van der Waals surface area contributed by atoms with Crippen LogP contribution in [0.5, 0.6) is 5.75 Å². The van der Waals surface area contributed by atoms with Crippen molar-refractivity contribution < 1.29 is 14.3 Å². The lowest BCUT2D eigenvalue weighted by Gasteiger charge is -2.18. The average molecular weight is 299 g/mol. The second-order valence-corrected chi connectivity index (χ2v) is 4.64. The monoisotopic (exact) mass is 298 g/mol. The van der Waals surface area contributed by atoms with Crippen molar-refractivity contribution >= 4 is 29.1 Å². The molecule has 0 aliphatic heterocycles. The highest BCUT2D eigenvalue weighted by Crippen LogP contribution is 2.30. The van der Waals surface area contributed by atoms with Crippen LogP contribution in [0.2, 0.25) is 5.02 Å². The third-order valence-corrected chi connectivity index (χ3v) is 3.38. The zero-order valence-corrected chi connectivity index (χ0v) is 12.9. The van der Waals surface area contributed by atoms with Crippen molar-refractivity contribution in [2.24, 2.45) is 0 Å². The maximum absolute atomic E-state index is 11.9. The first-order valence-corrected chi connectivity index (χ1v) is 6.76. The second kappa shape index (κ2) is 7.14. The number of benzene rings is 1. The molecule has 1 N–H and O–H groups in total. The topological polar surface area (TPSA) is 58.6 Å². The number of carbonyl (C=O) groups excluding carboxylic acids is 2. The lowest BCUT2D eigenvalue weighted by molar-refractivity contribution is -0.142. The summed E-state index contributed by atoms with van der Waals surface area (Å²) in [6, 6.07) is 3.28. The number of carbonyl (C=O) groups is 2. The molecule has 0 bridgehead atoms. The number of hydrogen-bond acceptors (Lipinski definition) is 3.